The Balaban J connectivity index is 1.97. The molecule has 1 fully saturated rings. The number of carbonyl (C=O) groups excluding carboxylic acids is 2. The molecular weight excluding hydrogens is 360 g/mol. The lowest BCUT2D eigenvalue weighted by Crippen LogP contribution is -2.44. The number of piperidine rings is 1. The number of halogens is 1. The van der Waals surface area contributed by atoms with Crippen molar-refractivity contribution in [2.45, 2.75) is 25.3 Å². The minimum absolute atomic E-state index is 0.0340. The van der Waals surface area contributed by atoms with Gasteiger partial charge in [0, 0.05) is 31.1 Å². The first-order valence-corrected chi connectivity index (χ1v) is 8.83. The molecule has 1 heterocycles. The average Bonchev–Trinajstić information content (AvgIpc) is 2.61. The van der Waals surface area contributed by atoms with E-state index >= 15 is 0 Å². The Morgan fingerprint density at radius 2 is 2.04 bits per heavy atom. The third-order valence-electron chi connectivity index (χ3n) is 4.43. The number of hydrogen-bond donors (Lipinski definition) is 2. The molecule has 1 aliphatic heterocycles. The molecule has 1 unspecified atom stereocenters. The van der Waals surface area contributed by atoms with Crippen LogP contribution in [0, 0.1) is 5.92 Å². The fraction of sp³-hybridized carbons (Fsp3) is 0.500. The monoisotopic (exact) mass is 382 g/mol. The number of carboxylic acids is 1. The molecule has 0 aromatic heterocycles. The summed E-state index contributed by atoms with van der Waals surface area (Å²) in [5.74, 6) is -1.54. The van der Waals surface area contributed by atoms with Gasteiger partial charge in [-0.1, -0.05) is 23.7 Å². The lowest BCUT2D eigenvalue weighted by Gasteiger charge is -2.32. The van der Waals surface area contributed by atoms with Gasteiger partial charge in [-0.3, -0.25) is 14.4 Å². The number of likely N-dealkylation sites (tertiary alicyclic amines) is 1. The summed E-state index contributed by atoms with van der Waals surface area (Å²) in [6, 6.07) is 6.16. The number of rotatable bonds is 7. The van der Waals surface area contributed by atoms with E-state index in [1.165, 1.54) is 7.11 Å². The highest BCUT2D eigenvalue weighted by atomic mass is 35.5. The summed E-state index contributed by atoms with van der Waals surface area (Å²) in [5.41, 5.74) is 0.654. The maximum Gasteiger partial charge on any atom is 0.305 e. The minimum Gasteiger partial charge on any atom is -0.481 e. The van der Waals surface area contributed by atoms with Gasteiger partial charge in [-0.25, -0.2) is 0 Å². The molecule has 1 saturated heterocycles. The summed E-state index contributed by atoms with van der Waals surface area (Å²) in [6.45, 7) is 1.01. The summed E-state index contributed by atoms with van der Waals surface area (Å²) in [4.78, 5) is 37.2. The Morgan fingerprint density at radius 1 is 1.35 bits per heavy atom. The Bertz CT molecular complexity index is 659. The minimum atomic E-state index is -1.00. The molecule has 1 aliphatic rings. The summed E-state index contributed by atoms with van der Waals surface area (Å²) < 4.78 is 4.84. The highest BCUT2D eigenvalue weighted by Gasteiger charge is 2.29. The number of carbonyl (C=O) groups is 3. The lowest BCUT2D eigenvalue weighted by atomic mass is 9.94. The van der Waals surface area contributed by atoms with E-state index in [0.717, 1.165) is 0 Å². The Hall–Kier alpha value is -2.12. The van der Waals surface area contributed by atoms with Crippen molar-refractivity contribution in [3.8, 4) is 0 Å². The molecule has 1 atom stereocenters. The molecule has 1 aromatic carbocycles. The molecule has 2 rings (SSSR count). The third kappa shape index (κ3) is 5.71. The smallest absolute Gasteiger partial charge is 0.305 e. The topological polar surface area (TPSA) is 95.9 Å². The predicted octanol–water partition coefficient (Wildman–Crippen LogP) is 1.86. The Morgan fingerprint density at radius 3 is 2.62 bits per heavy atom. The molecule has 0 saturated carbocycles. The first-order chi connectivity index (χ1) is 12.4. The number of ether oxygens (including phenoxy) is 1. The molecule has 0 aliphatic carbocycles. The van der Waals surface area contributed by atoms with Crippen LogP contribution in [-0.2, 0) is 19.1 Å². The molecule has 1 aromatic rings. The second kappa shape index (κ2) is 9.54. The summed E-state index contributed by atoms with van der Waals surface area (Å²) in [7, 11) is 1.47. The molecule has 2 amide bonds. The first kappa shape index (κ1) is 20.2. The zero-order valence-electron chi connectivity index (χ0n) is 14.6. The number of aliphatic carboxylic acids is 1. The van der Waals surface area contributed by atoms with E-state index in [2.05, 4.69) is 5.32 Å². The number of benzene rings is 1. The molecular formula is C18H23ClN2O5. The van der Waals surface area contributed by atoms with Crippen LogP contribution in [0.2, 0.25) is 5.02 Å². The second-order valence-electron chi connectivity index (χ2n) is 6.30. The zero-order chi connectivity index (χ0) is 19.1. The van der Waals surface area contributed by atoms with Gasteiger partial charge in [0.15, 0.2) is 0 Å². The van der Waals surface area contributed by atoms with Crippen LogP contribution in [-0.4, -0.2) is 54.6 Å². The number of amides is 2. The van der Waals surface area contributed by atoms with E-state index in [0.29, 0.717) is 36.5 Å². The van der Waals surface area contributed by atoms with Crippen LogP contribution >= 0.6 is 11.6 Å². The van der Waals surface area contributed by atoms with Gasteiger partial charge in [0.2, 0.25) is 11.8 Å². The van der Waals surface area contributed by atoms with Crippen molar-refractivity contribution in [1.82, 2.24) is 10.2 Å². The summed E-state index contributed by atoms with van der Waals surface area (Å²) in [5, 5.41) is 12.5. The van der Waals surface area contributed by atoms with Gasteiger partial charge in [-0.05, 0) is 30.5 Å². The number of nitrogens with one attached hydrogen (secondary N) is 1. The van der Waals surface area contributed by atoms with Crippen LogP contribution < -0.4 is 5.32 Å². The predicted molar refractivity (Wildman–Crippen MR) is 95.8 cm³/mol. The summed E-state index contributed by atoms with van der Waals surface area (Å²) in [6.07, 6.45) is 0.852. The second-order valence-corrected chi connectivity index (χ2v) is 6.74. The number of hydrogen-bond acceptors (Lipinski definition) is 4. The molecule has 0 radical (unpaired) electrons. The van der Waals surface area contributed by atoms with Crippen molar-refractivity contribution in [2.24, 2.45) is 5.92 Å². The van der Waals surface area contributed by atoms with Crippen LogP contribution in [0.3, 0.4) is 0 Å². The van der Waals surface area contributed by atoms with Gasteiger partial charge in [0.05, 0.1) is 12.5 Å². The Kier molecular flexibility index (Phi) is 7.41. The fourth-order valence-corrected chi connectivity index (χ4v) is 3.24. The van der Waals surface area contributed by atoms with Crippen molar-refractivity contribution in [1.29, 1.82) is 0 Å². The molecule has 0 bridgehead atoms. The Labute approximate surface area is 157 Å². The SMILES string of the molecule is COCC(=O)N1CCC(C(=O)NC(CC(=O)O)c2cccc(Cl)c2)CC1. The lowest BCUT2D eigenvalue weighted by molar-refractivity contribution is -0.140. The van der Waals surface area contributed by atoms with Gasteiger partial charge in [0.25, 0.3) is 0 Å². The van der Waals surface area contributed by atoms with Crippen LogP contribution in [0.15, 0.2) is 24.3 Å². The standard InChI is InChI=1S/C18H23ClN2O5/c1-26-11-16(22)21-7-5-12(6-8-21)18(25)20-15(10-17(23)24)13-3-2-4-14(19)9-13/h2-4,9,12,15H,5-8,10-11H2,1H3,(H,20,25)(H,23,24). The highest BCUT2D eigenvalue weighted by molar-refractivity contribution is 6.30. The normalized spacial score (nSPS) is 16.2. The van der Waals surface area contributed by atoms with Crippen molar-refractivity contribution in [3.05, 3.63) is 34.9 Å². The van der Waals surface area contributed by atoms with E-state index < -0.39 is 12.0 Å². The average molecular weight is 383 g/mol. The molecule has 7 nitrogen and oxygen atoms in total. The van der Waals surface area contributed by atoms with Crippen LogP contribution in [0.4, 0.5) is 0 Å². The van der Waals surface area contributed by atoms with E-state index in [-0.39, 0.29) is 30.8 Å². The maximum absolute atomic E-state index is 12.6. The number of carboxylic acid groups (broad SMARTS) is 1. The largest absolute Gasteiger partial charge is 0.481 e. The van der Waals surface area contributed by atoms with Crippen LogP contribution in [0.5, 0.6) is 0 Å². The van der Waals surface area contributed by atoms with Crippen LogP contribution in [0.1, 0.15) is 30.9 Å². The van der Waals surface area contributed by atoms with Crippen LogP contribution in [0.25, 0.3) is 0 Å². The third-order valence-corrected chi connectivity index (χ3v) is 4.67. The van der Waals surface area contributed by atoms with Gasteiger partial charge in [-0.15, -0.1) is 0 Å². The van der Waals surface area contributed by atoms with E-state index in [9.17, 15) is 14.4 Å². The summed E-state index contributed by atoms with van der Waals surface area (Å²) >= 11 is 5.97. The van der Waals surface area contributed by atoms with Crippen molar-refractivity contribution < 1.29 is 24.2 Å². The van der Waals surface area contributed by atoms with Crippen molar-refractivity contribution in [2.75, 3.05) is 26.8 Å². The van der Waals surface area contributed by atoms with E-state index in [1.807, 2.05) is 0 Å². The molecule has 2 N–H and O–H groups in total. The molecule has 142 valence electrons. The van der Waals surface area contributed by atoms with E-state index in [4.69, 9.17) is 21.4 Å². The zero-order valence-corrected chi connectivity index (χ0v) is 15.4. The number of nitrogens with zero attached hydrogens (tertiary/aromatic N) is 1. The highest BCUT2D eigenvalue weighted by Crippen LogP contribution is 2.23. The number of methoxy groups -OCH3 is 1. The van der Waals surface area contributed by atoms with E-state index in [1.54, 1.807) is 29.2 Å². The molecule has 8 heteroatoms. The fourth-order valence-electron chi connectivity index (χ4n) is 3.05. The molecule has 26 heavy (non-hydrogen) atoms. The maximum atomic E-state index is 12.6. The van der Waals surface area contributed by atoms with Crippen molar-refractivity contribution in [3.63, 3.8) is 0 Å². The van der Waals surface area contributed by atoms with Gasteiger partial charge in [0.1, 0.15) is 6.61 Å². The van der Waals surface area contributed by atoms with Gasteiger partial charge < -0.3 is 20.1 Å². The van der Waals surface area contributed by atoms with Gasteiger partial charge in [-0.2, -0.15) is 0 Å². The first-order valence-electron chi connectivity index (χ1n) is 8.45. The van der Waals surface area contributed by atoms with Gasteiger partial charge >= 0.3 is 5.97 Å². The molecule has 0 spiro atoms. The quantitative estimate of drug-likeness (QED) is 0.750. The van der Waals surface area contributed by atoms with Crippen molar-refractivity contribution >= 4 is 29.4 Å².